The van der Waals surface area contributed by atoms with Gasteiger partial charge in [-0.15, -0.1) is 11.6 Å². The first-order chi connectivity index (χ1) is 9.88. The first-order valence-electron chi connectivity index (χ1n) is 5.71. The predicted octanol–water partition coefficient (Wildman–Crippen LogP) is 5.03. The van der Waals surface area contributed by atoms with E-state index in [0.717, 1.165) is 0 Å². The molecule has 0 heterocycles. The van der Waals surface area contributed by atoms with E-state index < -0.39 is 29.4 Å². The first-order valence-corrected chi connectivity index (χ1v) is 6.15. The molecule has 1 nitrogen and oxygen atoms in total. The molecule has 0 spiro atoms. The fourth-order valence-corrected chi connectivity index (χ4v) is 2.06. The Morgan fingerprint density at radius 3 is 2.24 bits per heavy atom. The van der Waals surface area contributed by atoms with Gasteiger partial charge in [-0.25, -0.2) is 13.2 Å². The highest BCUT2D eigenvalue weighted by atomic mass is 35.5. The van der Waals surface area contributed by atoms with Gasteiger partial charge in [-0.1, -0.05) is 12.1 Å². The summed E-state index contributed by atoms with van der Waals surface area (Å²) in [4.78, 5) is 0. The monoisotopic (exact) mass is 322 g/mol. The minimum Gasteiger partial charge on any atom is -0.435 e. The number of halogens is 6. The van der Waals surface area contributed by atoms with Crippen molar-refractivity contribution in [2.45, 2.75) is 12.0 Å². The Balaban J connectivity index is 2.36. The van der Waals surface area contributed by atoms with E-state index in [0.29, 0.717) is 12.1 Å². The van der Waals surface area contributed by atoms with Crippen molar-refractivity contribution >= 4 is 11.6 Å². The highest BCUT2D eigenvalue weighted by Crippen LogP contribution is 2.33. The van der Waals surface area contributed by atoms with E-state index in [9.17, 15) is 22.0 Å². The van der Waals surface area contributed by atoms with E-state index in [1.165, 1.54) is 24.3 Å². The smallest absolute Gasteiger partial charge is 0.387 e. The summed E-state index contributed by atoms with van der Waals surface area (Å²) in [5.41, 5.74) is -0.0931. The minimum absolute atomic E-state index is 0.170. The lowest BCUT2D eigenvalue weighted by atomic mass is 10.0. The molecule has 21 heavy (non-hydrogen) atoms. The van der Waals surface area contributed by atoms with Gasteiger partial charge in [-0.3, -0.25) is 0 Å². The molecule has 0 saturated heterocycles. The second kappa shape index (κ2) is 6.30. The van der Waals surface area contributed by atoms with Crippen LogP contribution in [0.25, 0.3) is 0 Å². The van der Waals surface area contributed by atoms with Gasteiger partial charge < -0.3 is 4.74 Å². The first kappa shape index (κ1) is 15.6. The lowest BCUT2D eigenvalue weighted by molar-refractivity contribution is -0.0498. The average Bonchev–Trinajstić information content (AvgIpc) is 2.41. The van der Waals surface area contributed by atoms with Crippen molar-refractivity contribution in [3.8, 4) is 5.75 Å². The Labute approximate surface area is 121 Å². The van der Waals surface area contributed by atoms with Gasteiger partial charge in [-0.2, -0.15) is 8.78 Å². The molecule has 7 heteroatoms. The van der Waals surface area contributed by atoms with E-state index in [1.54, 1.807) is 0 Å². The van der Waals surface area contributed by atoms with Gasteiger partial charge in [0.05, 0.1) is 5.38 Å². The van der Waals surface area contributed by atoms with Gasteiger partial charge in [0.1, 0.15) is 11.6 Å². The summed E-state index contributed by atoms with van der Waals surface area (Å²) in [6, 6.07) is 6.24. The third-order valence-electron chi connectivity index (χ3n) is 2.69. The third kappa shape index (κ3) is 3.64. The van der Waals surface area contributed by atoms with Crippen LogP contribution in [-0.2, 0) is 0 Å². The van der Waals surface area contributed by atoms with Crippen molar-refractivity contribution < 1.29 is 26.7 Å². The third-order valence-corrected chi connectivity index (χ3v) is 3.18. The number of alkyl halides is 3. The molecule has 0 aromatic heterocycles. The molecule has 0 radical (unpaired) electrons. The van der Waals surface area contributed by atoms with Crippen molar-refractivity contribution in [3.63, 3.8) is 0 Å². The van der Waals surface area contributed by atoms with Gasteiger partial charge >= 0.3 is 6.61 Å². The molecule has 1 unspecified atom stereocenters. The quantitative estimate of drug-likeness (QED) is 0.435. The van der Waals surface area contributed by atoms with Crippen LogP contribution in [0.3, 0.4) is 0 Å². The molecule has 2 aromatic carbocycles. The molecule has 0 N–H and O–H groups in total. The van der Waals surface area contributed by atoms with Crippen LogP contribution in [0.2, 0.25) is 0 Å². The van der Waals surface area contributed by atoms with E-state index >= 15 is 0 Å². The molecule has 2 aromatic rings. The molecule has 0 aliphatic rings. The van der Waals surface area contributed by atoms with Crippen molar-refractivity contribution in [2.24, 2.45) is 0 Å². The SMILES string of the molecule is Fc1cc(F)c(C(Cl)c2cccc(OC(F)F)c2)cc1F. The lowest BCUT2D eigenvalue weighted by Crippen LogP contribution is -2.04. The summed E-state index contributed by atoms with van der Waals surface area (Å²) in [6.45, 7) is -3.02. The number of ether oxygens (including phenoxy) is 1. The molecule has 112 valence electrons. The Kier molecular flexibility index (Phi) is 4.67. The van der Waals surface area contributed by atoms with Crippen LogP contribution < -0.4 is 4.74 Å². The van der Waals surface area contributed by atoms with Crippen LogP contribution in [0.4, 0.5) is 22.0 Å². The Morgan fingerprint density at radius 2 is 1.57 bits per heavy atom. The van der Waals surface area contributed by atoms with E-state index in [1.807, 2.05) is 0 Å². The summed E-state index contributed by atoms with van der Waals surface area (Å²) in [5.74, 6) is -3.79. The van der Waals surface area contributed by atoms with Crippen molar-refractivity contribution in [3.05, 3.63) is 65.0 Å². The van der Waals surface area contributed by atoms with Crippen LogP contribution in [0.15, 0.2) is 36.4 Å². The zero-order valence-corrected chi connectivity index (χ0v) is 11.1. The van der Waals surface area contributed by atoms with Crippen LogP contribution in [0.1, 0.15) is 16.5 Å². The summed E-state index contributed by atoms with van der Waals surface area (Å²) in [6.07, 6.45) is 0. The zero-order valence-electron chi connectivity index (χ0n) is 10.3. The lowest BCUT2D eigenvalue weighted by Gasteiger charge is -2.13. The van der Waals surface area contributed by atoms with Gasteiger partial charge in [0, 0.05) is 11.6 Å². The van der Waals surface area contributed by atoms with E-state index in [2.05, 4.69) is 4.74 Å². The fraction of sp³-hybridized carbons (Fsp3) is 0.143. The predicted molar refractivity (Wildman–Crippen MR) is 67.1 cm³/mol. The molecule has 0 aliphatic heterocycles. The van der Waals surface area contributed by atoms with Gasteiger partial charge in [0.25, 0.3) is 0 Å². The molecule has 1 atom stereocenters. The number of hydrogen-bond acceptors (Lipinski definition) is 1. The Bertz CT molecular complexity index is 647. The molecular formula is C14H8ClF5O. The van der Waals surface area contributed by atoms with Gasteiger partial charge in [0.15, 0.2) is 11.6 Å². The van der Waals surface area contributed by atoms with E-state index in [4.69, 9.17) is 11.6 Å². The van der Waals surface area contributed by atoms with Gasteiger partial charge in [0.2, 0.25) is 0 Å². The highest BCUT2D eigenvalue weighted by molar-refractivity contribution is 6.22. The standard InChI is InChI=1S/C14H8ClF5O/c15-13(9-5-11(17)12(18)6-10(9)16)7-2-1-3-8(4-7)21-14(19)20/h1-6,13-14H. The summed E-state index contributed by atoms with van der Waals surface area (Å²) >= 11 is 6.00. The van der Waals surface area contributed by atoms with Crippen LogP contribution >= 0.6 is 11.6 Å². The number of rotatable bonds is 4. The van der Waals surface area contributed by atoms with Gasteiger partial charge in [-0.05, 0) is 23.8 Å². The molecule has 0 bridgehead atoms. The van der Waals surface area contributed by atoms with Crippen LogP contribution in [0, 0.1) is 17.5 Å². The maximum Gasteiger partial charge on any atom is 0.387 e. The molecule has 0 aliphatic carbocycles. The zero-order chi connectivity index (χ0) is 15.6. The Morgan fingerprint density at radius 1 is 0.905 bits per heavy atom. The second-order valence-electron chi connectivity index (χ2n) is 4.10. The second-order valence-corrected chi connectivity index (χ2v) is 4.54. The minimum atomic E-state index is -3.02. The Hall–Kier alpha value is -1.82. The number of benzene rings is 2. The summed E-state index contributed by atoms with van der Waals surface area (Å²) in [7, 11) is 0. The molecular weight excluding hydrogens is 315 g/mol. The van der Waals surface area contributed by atoms with Crippen molar-refractivity contribution in [2.75, 3.05) is 0 Å². The molecule has 0 fully saturated rings. The fourth-order valence-electron chi connectivity index (χ4n) is 1.76. The highest BCUT2D eigenvalue weighted by Gasteiger charge is 2.19. The largest absolute Gasteiger partial charge is 0.435 e. The number of hydrogen-bond donors (Lipinski definition) is 0. The molecule has 2 rings (SSSR count). The molecule has 0 saturated carbocycles. The maximum atomic E-state index is 13.6. The van der Waals surface area contributed by atoms with Crippen molar-refractivity contribution in [1.29, 1.82) is 0 Å². The van der Waals surface area contributed by atoms with Crippen molar-refractivity contribution in [1.82, 2.24) is 0 Å². The normalized spacial score (nSPS) is 12.5. The molecule has 0 amide bonds. The maximum absolute atomic E-state index is 13.6. The average molecular weight is 323 g/mol. The summed E-state index contributed by atoms with van der Waals surface area (Å²) in [5, 5.41) is -1.18. The topological polar surface area (TPSA) is 9.23 Å². The van der Waals surface area contributed by atoms with Crippen LogP contribution in [0.5, 0.6) is 5.75 Å². The van der Waals surface area contributed by atoms with E-state index in [-0.39, 0.29) is 16.9 Å². The summed E-state index contributed by atoms with van der Waals surface area (Å²) < 4.78 is 68.1. The van der Waals surface area contributed by atoms with Crippen LogP contribution in [-0.4, -0.2) is 6.61 Å².